The Hall–Kier alpha value is -2.04. The molecule has 0 aliphatic heterocycles. The summed E-state index contributed by atoms with van der Waals surface area (Å²) >= 11 is 0. The highest BCUT2D eigenvalue weighted by atomic mass is 16.4. The standard InChI is InChI=1S/C15H20N2O3/c1-15(2)8-11(15)9-16-14(20)17-12(13(18)19)10-6-4-3-5-7-10/h3-7,11-12H,8-9H2,1-2H3,(H,18,19)(H2,16,17,20)/t11?,12-/m1/s1. The second kappa shape index (κ2) is 5.53. The highest BCUT2D eigenvalue weighted by Crippen LogP contribution is 2.50. The third-order valence-corrected chi connectivity index (χ3v) is 3.88. The lowest BCUT2D eigenvalue weighted by molar-refractivity contribution is -0.139. The average Bonchev–Trinajstić information content (AvgIpc) is 3.02. The van der Waals surface area contributed by atoms with Crippen molar-refractivity contribution in [2.75, 3.05) is 6.54 Å². The fourth-order valence-corrected chi connectivity index (χ4v) is 2.26. The fourth-order valence-electron chi connectivity index (χ4n) is 2.26. The number of hydrogen-bond donors (Lipinski definition) is 3. The number of nitrogens with one attached hydrogen (secondary N) is 2. The molecule has 1 aliphatic carbocycles. The minimum atomic E-state index is -1.07. The SMILES string of the molecule is CC1(C)CC1CNC(=O)N[C@@H](C(=O)O)c1ccccc1. The van der Waals surface area contributed by atoms with Crippen LogP contribution in [-0.2, 0) is 4.79 Å². The molecule has 1 unspecified atom stereocenters. The summed E-state index contributed by atoms with van der Waals surface area (Å²) in [6.07, 6.45) is 1.09. The summed E-state index contributed by atoms with van der Waals surface area (Å²) < 4.78 is 0. The predicted octanol–water partition coefficient (Wildman–Crippen LogP) is 2.16. The van der Waals surface area contributed by atoms with Crippen LogP contribution in [0.1, 0.15) is 31.9 Å². The Morgan fingerprint density at radius 2 is 1.95 bits per heavy atom. The van der Waals surface area contributed by atoms with Crippen LogP contribution in [0.15, 0.2) is 30.3 Å². The lowest BCUT2D eigenvalue weighted by atomic mass is 10.1. The van der Waals surface area contributed by atoms with Crippen molar-refractivity contribution in [3.8, 4) is 0 Å². The van der Waals surface area contributed by atoms with Crippen molar-refractivity contribution in [3.63, 3.8) is 0 Å². The fraction of sp³-hybridized carbons (Fsp3) is 0.467. The molecule has 0 spiro atoms. The average molecular weight is 276 g/mol. The van der Waals surface area contributed by atoms with E-state index in [4.69, 9.17) is 0 Å². The van der Waals surface area contributed by atoms with Gasteiger partial charge in [-0.2, -0.15) is 0 Å². The maximum atomic E-state index is 11.8. The predicted molar refractivity (Wildman–Crippen MR) is 75.2 cm³/mol. The van der Waals surface area contributed by atoms with Crippen LogP contribution < -0.4 is 10.6 Å². The number of amides is 2. The van der Waals surface area contributed by atoms with Gasteiger partial charge in [-0.25, -0.2) is 9.59 Å². The number of hydrogen-bond acceptors (Lipinski definition) is 2. The number of urea groups is 1. The number of carbonyl (C=O) groups excluding carboxylic acids is 1. The van der Waals surface area contributed by atoms with Gasteiger partial charge in [0.25, 0.3) is 0 Å². The van der Waals surface area contributed by atoms with Crippen molar-refractivity contribution in [1.29, 1.82) is 0 Å². The van der Waals surface area contributed by atoms with Gasteiger partial charge in [-0.1, -0.05) is 44.2 Å². The van der Waals surface area contributed by atoms with Crippen molar-refractivity contribution in [2.24, 2.45) is 11.3 Å². The Bertz CT molecular complexity index is 499. The monoisotopic (exact) mass is 276 g/mol. The molecular formula is C15H20N2O3. The minimum absolute atomic E-state index is 0.291. The first-order chi connectivity index (χ1) is 9.40. The van der Waals surface area contributed by atoms with Gasteiger partial charge in [0, 0.05) is 6.54 Å². The molecule has 5 nitrogen and oxygen atoms in total. The molecule has 1 fully saturated rings. The normalized spacial score (nSPS) is 20.8. The van der Waals surface area contributed by atoms with Crippen LogP contribution in [-0.4, -0.2) is 23.7 Å². The van der Waals surface area contributed by atoms with Crippen LogP contribution in [0.4, 0.5) is 4.79 Å². The molecular weight excluding hydrogens is 256 g/mol. The van der Waals surface area contributed by atoms with Gasteiger partial charge in [0.15, 0.2) is 6.04 Å². The van der Waals surface area contributed by atoms with E-state index in [1.54, 1.807) is 30.3 Å². The molecule has 0 saturated heterocycles. The largest absolute Gasteiger partial charge is 0.479 e. The lowest BCUT2D eigenvalue weighted by Gasteiger charge is -2.15. The molecule has 2 amide bonds. The Balaban J connectivity index is 1.89. The first-order valence-electron chi connectivity index (χ1n) is 6.72. The third kappa shape index (κ3) is 3.50. The van der Waals surface area contributed by atoms with Gasteiger partial charge in [-0.3, -0.25) is 0 Å². The highest BCUT2D eigenvalue weighted by Gasteiger charge is 2.45. The Kier molecular flexibility index (Phi) is 3.97. The number of benzene rings is 1. The van der Waals surface area contributed by atoms with E-state index >= 15 is 0 Å². The van der Waals surface area contributed by atoms with Gasteiger partial charge >= 0.3 is 12.0 Å². The summed E-state index contributed by atoms with van der Waals surface area (Å²) in [4.78, 5) is 23.0. The van der Waals surface area contributed by atoms with Crippen molar-refractivity contribution in [2.45, 2.75) is 26.3 Å². The molecule has 1 aromatic rings. The molecule has 20 heavy (non-hydrogen) atoms. The van der Waals surface area contributed by atoms with Crippen LogP contribution in [0.25, 0.3) is 0 Å². The molecule has 5 heteroatoms. The van der Waals surface area contributed by atoms with E-state index in [1.165, 1.54) is 0 Å². The van der Waals surface area contributed by atoms with Gasteiger partial charge in [0.05, 0.1) is 0 Å². The van der Waals surface area contributed by atoms with E-state index in [1.807, 2.05) is 0 Å². The zero-order valence-electron chi connectivity index (χ0n) is 11.7. The quantitative estimate of drug-likeness (QED) is 0.771. The van der Waals surface area contributed by atoms with Gasteiger partial charge in [0.2, 0.25) is 0 Å². The lowest BCUT2D eigenvalue weighted by Crippen LogP contribution is -2.41. The number of carboxylic acids is 1. The third-order valence-electron chi connectivity index (χ3n) is 3.88. The second-order valence-corrected chi connectivity index (χ2v) is 5.93. The molecule has 1 saturated carbocycles. The van der Waals surface area contributed by atoms with Gasteiger partial charge < -0.3 is 15.7 Å². The molecule has 1 aromatic carbocycles. The summed E-state index contributed by atoms with van der Waals surface area (Å²) in [6.45, 7) is 4.89. The van der Waals surface area contributed by atoms with E-state index in [0.717, 1.165) is 6.42 Å². The molecule has 2 atom stereocenters. The molecule has 1 aliphatic rings. The van der Waals surface area contributed by atoms with Gasteiger partial charge in [0.1, 0.15) is 0 Å². The van der Waals surface area contributed by atoms with E-state index in [2.05, 4.69) is 24.5 Å². The molecule has 108 valence electrons. The van der Waals surface area contributed by atoms with Crippen LogP contribution in [0, 0.1) is 11.3 Å². The summed E-state index contributed by atoms with van der Waals surface area (Å²) in [7, 11) is 0. The molecule has 0 aromatic heterocycles. The van der Waals surface area contributed by atoms with Crippen molar-refractivity contribution < 1.29 is 14.7 Å². The molecule has 0 radical (unpaired) electrons. The van der Waals surface area contributed by atoms with E-state index in [9.17, 15) is 14.7 Å². The topological polar surface area (TPSA) is 78.4 Å². The van der Waals surface area contributed by atoms with E-state index < -0.39 is 18.0 Å². The minimum Gasteiger partial charge on any atom is -0.479 e. The first kappa shape index (κ1) is 14.4. The van der Waals surface area contributed by atoms with Crippen molar-refractivity contribution >= 4 is 12.0 Å². The molecule has 3 N–H and O–H groups in total. The van der Waals surface area contributed by atoms with E-state index in [-0.39, 0.29) is 0 Å². The zero-order chi connectivity index (χ0) is 14.8. The van der Waals surface area contributed by atoms with Gasteiger partial charge in [-0.05, 0) is 23.3 Å². The van der Waals surface area contributed by atoms with E-state index in [0.29, 0.717) is 23.4 Å². The summed E-state index contributed by atoms with van der Waals surface area (Å²) in [5.41, 5.74) is 0.848. The maximum Gasteiger partial charge on any atom is 0.330 e. The maximum absolute atomic E-state index is 11.8. The second-order valence-electron chi connectivity index (χ2n) is 5.93. The summed E-state index contributed by atoms with van der Waals surface area (Å²) in [5, 5.41) is 14.4. The van der Waals surface area contributed by atoms with Crippen LogP contribution >= 0.6 is 0 Å². The Morgan fingerprint density at radius 1 is 1.35 bits per heavy atom. The number of rotatable bonds is 5. The summed E-state index contributed by atoms with van der Waals surface area (Å²) in [5.74, 6) is -0.591. The molecule has 0 heterocycles. The van der Waals surface area contributed by atoms with Crippen LogP contribution in [0.5, 0.6) is 0 Å². The zero-order valence-corrected chi connectivity index (χ0v) is 11.7. The Morgan fingerprint density at radius 3 is 2.45 bits per heavy atom. The molecule has 2 rings (SSSR count). The number of aliphatic carboxylic acids is 1. The van der Waals surface area contributed by atoms with Crippen LogP contribution in [0.3, 0.4) is 0 Å². The van der Waals surface area contributed by atoms with Crippen LogP contribution in [0.2, 0.25) is 0 Å². The highest BCUT2D eigenvalue weighted by molar-refractivity contribution is 5.83. The Labute approximate surface area is 118 Å². The van der Waals surface area contributed by atoms with Crippen molar-refractivity contribution in [1.82, 2.24) is 10.6 Å². The smallest absolute Gasteiger partial charge is 0.330 e. The number of carbonyl (C=O) groups is 2. The molecule has 0 bridgehead atoms. The number of carboxylic acid groups (broad SMARTS) is 1. The van der Waals surface area contributed by atoms with Gasteiger partial charge in [-0.15, -0.1) is 0 Å². The summed E-state index contributed by atoms with van der Waals surface area (Å²) in [6, 6.07) is 7.20. The van der Waals surface area contributed by atoms with Crippen molar-refractivity contribution in [3.05, 3.63) is 35.9 Å². The first-order valence-corrected chi connectivity index (χ1v) is 6.72.